The molecule has 1 heterocycles. The summed E-state index contributed by atoms with van der Waals surface area (Å²) in [6.07, 6.45) is 3.43. The topological polar surface area (TPSA) is 49.3 Å². The predicted octanol–water partition coefficient (Wildman–Crippen LogP) is 5.27. The Morgan fingerprint density at radius 2 is 1.57 bits per heavy atom. The molecular weight excluding hydrogens is 346 g/mol. The van der Waals surface area contributed by atoms with Crippen LogP contribution in [0, 0.1) is 5.92 Å². The highest BCUT2D eigenvalue weighted by molar-refractivity contribution is 6.17. The Kier molecular flexibility index (Phi) is 4.01. The van der Waals surface area contributed by atoms with Crippen molar-refractivity contribution in [1.82, 2.24) is 5.32 Å². The van der Waals surface area contributed by atoms with Crippen LogP contribution in [-0.4, -0.2) is 17.6 Å². The van der Waals surface area contributed by atoms with Gasteiger partial charge in [-0.05, 0) is 44.3 Å². The molecule has 0 aliphatic carbocycles. The van der Waals surface area contributed by atoms with Crippen molar-refractivity contribution in [3.05, 3.63) is 84.1 Å². The van der Waals surface area contributed by atoms with Crippen LogP contribution in [0.25, 0.3) is 32.3 Å². The maximum atomic E-state index is 11.1. The SMILES string of the molecule is O=C(O)C1CC=C(Cc2cccc3c2ccc2c4ccccc4ccc32)NC1. The van der Waals surface area contributed by atoms with E-state index in [1.807, 2.05) is 6.08 Å². The van der Waals surface area contributed by atoms with Gasteiger partial charge < -0.3 is 10.4 Å². The van der Waals surface area contributed by atoms with E-state index < -0.39 is 5.97 Å². The number of nitrogens with one attached hydrogen (secondary N) is 1. The number of fused-ring (bicyclic) bond motifs is 5. The molecule has 1 atom stereocenters. The monoisotopic (exact) mass is 367 g/mol. The average Bonchev–Trinajstić information content (AvgIpc) is 2.74. The number of benzene rings is 4. The van der Waals surface area contributed by atoms with Gasteiger partial charge in [0, 0.05) is 18.7 Å². The zero-order chi connectivity index (χ0) is 19.1. The number of carbonyl (C=O) groups is 1. The fraction of sp³-hybridized carbons (Fsp3) is 0.160. The summed E-state index contributed by atoms with van der Waals surface area (Å²) in [4.78, 5) is 11.1. The molecule has 3 heteroatoms. The maximum Gasteiger partial charge on any atom is 0.308 e. The molecule has 1 unspecified atom stereocenters. The van der Waals surface area contributed by atoms with Crippen LogP contribution in [0.5, 0.6) is 0 Å². The largest absolute Gasteiger partial charge is 0.481 e. The van der Waals surface area contributed by atoms with Crippen LogP contribution < -0.4 is 5.32 Å². The van der Waals surface area contributed by atoms with Gasteiger partial charge in [0.05, 0.1) is 5.92 Å². The Morgan fingerprint density at radius 1 is 0.857 bits per heavy atom. The third-order valence-electron chi connectivity index (χ3n) is 5.83. The van der Waals surface area contributed by atoms with Gasteiger partial charge in [-0.25, -0.2) is 0 Å². The molecule has 0 saturated carbocycles. The summed E-state index contributed by atoms with van der Waals surface area (Å²) in [6.45, 7) is 0.501. The molecular formula is C25H21NO2. The Labute approximate surface area is 163 Å². The zero-order valence-corrected chi connectivity index (χ0v) is 15.5. The van der Waals surface area contributed by atoms with Crippen molar-refractivity contribution in [2.45, 2.75) is 12.8 Å². The quantitative estimate of drug-likeness (QED) is 0.485. The number of aliphatic carboxylic acids is 1. The molecule has 0 aromatic heterocycles. The normalized spacial score (nSPS) is 16.9. The zero-order valence-electron chi connectivity index (χ0n) is 15.5. The van der Waals surface area contributed by atoms with Gasteiger partial charge in [-0.2, -0.15) is 0 Å². The number of rotatable bonds is 3. The molecule has 0 radical (unpaired) electrons. The van der Waals surface area contributed by atoms with Crippen molar-refractivity contribution in [2.75, 3.05) is 6.54 Å². The highest BCUT2D eigenvalue weighted by atomic mass is 16.4. The lowest BCUT2D eigenvalue weighted by Crippen LogP contribution is -2.32. The average molecular weight is 367 g/mol. The van der Waals surface area contributed by atoms with Crippen molar-refractivity contribution >= 4 is 38.3 Å². The standard InChI is InChI=1S/C25H21NO2/c27-25(28)18-8-10-19(26-15-18)14-17-5-3-7-22-21(17)12-13-23-20-6-2-1-4-16(20)9-11-24(22)23/h1-7,9-13,18,26H,8,14-15H2,(H,27,28). The van der Waals surface area contributed by atoms with Crippen LogP contribution in [-0.2, 0) is 11.2 Å². The van der Waals surface area contributed by atoms with Gasteiger partial charge in [0.2, 0.25) is 0 Å². The minimum absolute atomic E-state index is 0.325. The maximum absolute atomic E-state index is 11.1. The van der Waals surface area contributed by atoms with Crippen LogP contribution >= 0.6 is 0 Å². The molecule has 0 saturated heterocycles. The highest BCUT2D eigenvalue weighted by Gasteiger charge is 2.20. The van der Waals surface area contributed by atoms with E-state index >= 15 is 0 Å². The first-order chi connectivity index (χ1) is 13.7. The lowest BCUT2D eigenvalue weighted by atomic mass is 9.93. The minimum Gasteiger partial charge on any atom is -0.481 e. The first kappa shape index (κ1) is 16.8. The lowest BCUT2D eigenvalue weighted by molar-refractivity contribution is -0.141. The van der Waals surface area contributed by atoms with Crippen molar-refractivity contribution in [2.24, 2.45) is 5.92 Å². The summed E-state index contributed by atoms with van der Waals surface area (Å²) in [7, 11) is 0. The van der Waals surface area contributed by atoms with Gasteiger partial charge in [-0.1, -0.05) is 72.8 Å². The van der Waals surface area contributed by atoms with E-state index in [1.165, 1.54) is 37.9 Å². The Hall–Kier alpha value is -3.33. The summed E-state index contributed by atoms with van der Waals surface area (Å²) in [5, 5.41) is 20.1. The lowest BCUT2D eigenvalue weighted by Gasteiger charge is -2.21. The van der Waals surface area contributed by atoms with Crippen LogP contribution in [0.1, 0.15) is 12.0 Å². The summed E-state index contributed by atoms with van der Waals surface area (Å²) >= 11 is 0. The second-order valence-electron chi connectivity index (χ2n) is 7.52. The predicted molar refractivity (Wildman–Crippen MR) is 114 cm³/mol. The highest BCUT2D eigenvalue weighted by Crippen LogP contribution is 2.33. The van der Waals surface area contributed by atoms with E-state index in [-0.39, 0.29) is 5.92 Å². The van der Waals surface area contributed by atoms with Crippen molar-refractivity contribution in [1.29, 1.82) is 0 Å². The summed E-state index contributed by atoms with van der Waals surface area (Å²) < 4.78 is 0. The van der Waals surface area contributed by atoms with Gasteiger partial charge in [0.1, 0.15) is 0 Å². The number of carboxylic acid groups (broad SMARTS) is 1. The van der Waals surface area contributed by atoms with E-state index in [4.69, 9.17) is 5.11 Å². The number of hydrogen-bond donors (Lipinski definition) is 2. The van der Waals surface area contributed by atoms with Crippen molar-refractivity contribution in [3.8, 4) is 0 Å². The number of hydrogen-bond acceptors (Lipinski definition) is 2. The second kappa shape index (κ2) is 6.68. The second-order valence-corrected chi connectivity index (χ2v) is 7.52. The van der Waals surface area contributed by atoms with E-state index in [0.29, 0.717) is 13.0 Å². The van der Waals surface area contributed by atoms with Crippen LogP contribution in [0.15, 0.2) is 78.5 Å². The van der Waals surface area contributed by atoms with Crippen molar-refractivity contribution < 1.29 is 9.90 Å². The molecule has 0 fully saturated rings. The van der Waals surface area contributed by atoms with E-state index in [0.717, 1.165) is 12.1 Å². The Morgan fingerprint density at radius 3 is 2.39 bits per heavy atom. The molecule has 4 aromatic carbocycles. The fourth-order valence-corrected chi connectivity index (χ4v) is 4.30. The van der Waals surface area contributed by atoms with Gasteiger partial charge in [0.25, 0.3) is 0 Å². The fourth-order valence-electron chi connectivity index (χ4n) is 4.30. The molecule has 28 heavy (non-hydrogen) atoms. The Bertz CT molecular complexity index is 1260. The van der Waals surface area contributed by atoms with Gasteiger partial charge in [-0.15, -0.1) is 0 Å². The van der Waals surface area contributed by atoms with Gasteiger partial charge in [-0.3, -0.25) is 4.79 Å². The first-order valence-corrected chi connectivity index (χ1v) is 9.68. The third-order valence-corrected chi connectivity index (χ3v) is 5.83. The molecule has 2 N–H and O–H groups in total. The molecule has 138 valence electrons. The summed E-state index contributed by atoms with van der Waals surface area (Å²) in [5.74, 6) is -1.06. The van der Waals surface area contributed by atoms with Crippen LogP contribution in [0.4, 0.5) is 0 Å². The summed E-state index contributed by atoms with van der Waals surface area (Å²) in [6, 6.07) is 23.9. The number of allylic oxidation sites excluding steroid dienone is 2. The number of carboxylic acids is 1. The molecule has 0 amide bonds. The molecule has 5 rings (SSSR count). The molecule has 0 spiro atoms. The van der Waals surface area contributed by atoms with E-state index in [1.54, 1.807) is 0 Å². The molecule has 3 nitrogen and oxygen atoms in total. The third kappa shape index (κ3) is 2.80. The molecule has 0 bridgehead atoms. The van der Waals surface area contributed by atoms with Crippen molar-refractivity contribution in [3.63, 3.8) is 0 Å². The Balaban J connectivity index is 1.59. The van der Waals surface area contributed by atoms with E-state index in [9.17, 15) is 4.79 Å². The first-order valence-electron chi connectivity index (χ1n) is 9.68. The van der Waals surface area contributed by atoms with Crippen LogP contribution in [0.3, 0.4) is 0 Å². The summed E-state index contributed by atoms with van der Waals surface area (Å²) in [5.41, 5.74) is 2.38. The molecule has 1 aliphatic heterocycles. The van der Waals surface area contributed by atoms with Gasteiger partial charge in [0.15, 0.2) is 0 Å². The van der Waals surface area contributed by atoms with Gasteiger partial charge >= 0.3 is 5.97 Å². The molecule has 4 aromatic rings. The smallest absolute Gasteiger partial charge is 0.308 e. The minimum atomic E-state index is -0.730. The van der Waals surface area contributed by atoms with Crippen LogP contribution in [0.2, 0.25) is 0 Å². The van der Waals surface area contributed by atoms with E-state index in [2.05, 4.69) is 72.0 Å². The molecule has 1 aliphatic rings.